The Morgan fingerprint density at radius 3 is 2.33 bits per heavy atom. The van der Waals surface area contributed by atoms with Crippen molar-refractivity contribution >= 4 is 40.9 Å². The van der Waals surface area contributed by atoms with Crippen LogP contribution in [0.5, 0.6) is 5.75 Å². The van der Waals surface area contributed by atoms with Gasteiger partial charge in [0.1, 0.15) is 17.0 Å². The van der Waals surface area contributed by atoms with Crippen molar-refractivity contribution in [2.45, 2.75) is 98.8 Å². The zero-order chi connectivity index (χ0) is 39.7. The number of aromatic nitrogens is 1. The second kappa shape index (κ2) is 15.9. The second-order valence-electron chi connectivity index (χ2n) is 16.2. The van der Waals surface area contributed by atoms with Gasteiger partial charge in [-0.15, -0.1) is 11.3 Å². The van der Waals surface area contributed by atoms with Crippen LogP contribution < -0.4 is 20.7 Å². The summed E-state index contributed by atoms with van der Waals surface area (Å²) in [7, 11) is 1.26. The number of rotatable bonds is 8. The van der Waals surface area contributed by atoms with E-state index in [1.807, 2.05) is 31.4 Å². The van der Waals surface area contributed by atoms with E-state index in [1.165, 1.54) is 7.11 Å². The number of hydrogen-bond donors (Lipinski definition) is 3. The lowest BCUT2D eigenvalue weighted by molar-refractivity contribution is 0.0521. The van der Waals surface area contributed by atoms with E-state index in [1.54, 1.807) is 56.4 Å². The standard InChI is InChI=1S/C43H50N4O7S/c1-24-19-26(23-44-41(51)54-42(3,4)5)20-25(2)35(24)47-38(48)31-21-32-34(53-17-13-27-14-18-55-37(27)32)22-30(31)29-9-10-33(46-36(29)40(50)52-8)39(49)45-28-11-15-43(6,7)16-12-28/h9-10,14,18-22,28H,11-13,15-17,23H2,1-8H3,(H,44,51)(H,45,49)(H,47,48). The molecule has 2 aliphatic rings. The van der Waals surface area contributed by atoms with E-state index in [2.05, 4.69) is 40.8 Å². The number of thiophene rings is 1. The number of ether oxygens (including phenoxy) is 3. The van der Waals surface area contributed by atoms with Crippen molar-refractivity contribution in [2.75, 3.05) is 19.0 Å². The van der Waals surface area contributed by atoms with Gasteiger partial charge in [-0.25, -0.2) is 14.6 Å². The van der Waals surface area contributed by atoms with Crippen LogP contribution in [-0.4, -0.2) is 54.2 Å². The molecule has 11 nitrogen and oxygen atoms in total. The SMILES string of the molecule is COC(=O)c1nc(C(=O)NC2CCC(C)(C)CC2)ccc1-c1cc2c(cc1C(=O)Nc1c(C)cc(CNC(=O)OC(C)(C)C)cc1C)-c1sccc1CCO2. The van der Waals surface area contributed by atoms with Crippen LogP contribution in [0.3, 0.4) is 0 Å². The monoisotopic (exact) mass is 766 g/mol. The van der Waals surface area contributed by atoms with E-state index < -0.39 is 23.6 Å². The Morgan fingerprint density at radius 2 is 1.65 bits per heavy atom. The molecule has 3 N–H and O–H groups in total. The molecule has 0 unspecified atom stereocenters. The average Bonchev–Trinajstić information content (AvgIpc) is 3.52. The van der Waals surface area contributed by atoms with E-state index in [0.29, 0.717) is 35.6 Å². The maximum Gasteiger partial charge on any atom is 0.407 e. The molecule has 0 spiro atoms. The molecule has 55 heavy (non-hydrogen) atoms. The van der Waals surface area contributed by atoms with E-state index in [-0.39, 0.29) is 40.9 Å². The number of nitrogens with zero attached hydrogens (tertiary/aromatic N) is 1. The summed E-state index contributed by atoms with van der Waals surface area (Å²) < 4.78 is 16.8. The highest BCUT2D eigenvalue weighted by atomic mass is 32.1. The minimum absolute atomic E-state index is 0.0185. The number of pyridine rings is 1. The Kier molecular flexibility index (Phi) is 11.4. The average molecular weight is 767 g/mol. The Balaban J connectivity index is 1.37. The van der Waals surface area contributed by atoms with Gasteiger partial charge < -0.3 is 30.2 Å². The first-order valence-corrected chi connectivity index (χ1v) is 19.6. The highest BCUT2D eigenvalue weighted by molar-refractivity contribution is 7.13. The third-order valence-corrected chi connectivity index (χ3v) is 11.1. The number of hydrogen-bond acceptors (Lipinski definition) is 9. The topological polar surface area (TPSA) is 145 Å². The number of carbonyl (C=O) groups excluding carboxylic acids is 4. The molecule has 1 fully saturated rings. The number of alkyl carbamates (subject to hydrolysis) is 1. The molecule has 12 heteroatoms. The number of aryl methyl sites for hydroxylation is 2. The van der Waals surface area contributed by atoms with Crippen LogP contribution in [0.2, 0.25) is 0 Å². The number of esters is 1. The fourth-order valence-electron chi connectivity index (χ4n) is 7.21. The summed E-state index contributed by atoms with van der Waals surface area (Å²) in [5, 5.41) is 11.0. The normalized spacial score (nSPS) is 15.1. The summed E-state index contributed by atoms with van der Waals surface area (Å²) in [5.74, 6) is -0.955. The summed E-state index contributed by atoms with van der Waals surface area (Å²) in [6.45, 7) is 14.4. The lowest BCUT2D eigenvalue weighted by Gasteiger charge is -2.34. The Labute approximate surface area is 326 Å². The molecule has 3 heterocycles. The van der Waals surface area contributed by atoms with E-state index in [0.717, 1.165) is 58.4 Å². The summed E-state index contributed by atoms with van der Waals surface area (Å²) in [5.41, 5.74) is 5.58. The molecule has 1 aliphatic heterocycles. The zero-order valence-corrected chi connectivity index (χ0v) is 33.7. The first kappa shape index (κ1) is 39.5. The maximum atomic E-state index is 14.5. The largest absolute Gasteiger partial charge is 0.493 e. The van der Waals surface area contributed by atoms with Gasteiger partial charge in [-0.2, -0.15) is 0 Å². The second-order valence-corrected chi connectivity index (χ2v) is 17.1. The van der Waals surface area contributed by atoms with Crippen LogP contribution in [0.15, 0.2) is 47.8 Å². The molecule has 1 saturated carbocycles. The molecule has 4 aromatic rings. The van der Waals surface area contributed by atoms with Crippen LogP contribution in [-0.2, 0) is 22.4 Å². The van der Waals surface area contributed by atoms with Gasteiger partial charge in [0.25, 0.3) is 11.8 Å². The molecular formula is C43H50N4O7S. The summed E-state index contributed by atoms with van der Waals surface area (Å²) >= 11 is 1.57. The van der Waals surface area contributed by atoms with Gasteiger partial charge in [0, 0.05) is 51.8 Å². The first-order chi connectivity index (χ1) is 26.0. The summed E-state index contributed by atoms with van der Waals surface area (Å²) in [6.07, 6.45) is 3.93. The van der Waals surface area contributed by atoms with Crippen LogP contribution in [0, 0.1) is 19.3 Å². The van der Waals surface area contributed by atoms with Gasteiger partial charge >= 0.3 is 12.1 Å². The van der Waals surface area contributed by atoms with Crippen molar-refractivity contribution in [3.05, 3.63) is 87.0 Å². The Hall–Kier alpha value is -5.23. The van der Waals surface area contributed by atoms with Crippen LogP contribution in [0.1, 0.15) is 114 Å². The predicted octanol–water partition coefficient (Wildman–Crippen LogP) is 8.79. The maximum absolute atomic E-state index is 14.5. The molecule has 0 bridgehead atoms. The number of carbonyl (C=O) groups is 4. The van der Waals surface area contributed by atoms with Gasteiger partial charge in [0.05, 0.1) is 13.7 Å². The number of anilines is 1. The van der Waals surface area contributed by atoms with Gasteiger partial charge in [-0.1, -0.05) is 26.0 Å². The fraction of sp³-hybridized carbons (Fsp3) is 0.419. The van der Waals surface area contributed by atoms with Gasteiger partial charge in [-0.3, -0.25) is 9.59 Å². The molecule has 3 amide bonds. The fourth-order valence-corrected chi connectivity index (χ4v) is 8.18. The minimum Gasteiger partial charge on any atom is -0.493 e. The quantitative estimate of drug-likeness (QED) is 0.151. The van der Waals surface area contributed by atoms with E-state index >= 15 is 0 Å². The molecule has 290 valence electrons. The first-order valence-electron chi connectivity index (χ1n) is 18.7. The highest BCUT2D eigenvalue weighted by Gasteiger charge is 2.30. The van der Waals surface area contributed by atoms with Crippen molar-refractivity contribution in [2.24, 2.45) is 5.41 Å². The van der Waals surface area contributed by atoms with Crippen LogP contribution in [0.4, 0.5) is 10.5 Å². The predicted molar refractivity (Wildman–Crippen MR) is 214 cm³/mol. The van der Waals surface area contributed by atoms with Crippen molar-refractivity contribution < 1.29 is 33.4 Å². The van der Waals surface area contributed by atoms with E-state index in [4.69, 9.17) is 14.2 Å². The van der Waals surface area contributed by atoms with Crippen LogP contribution >= 0.6 is 11.3 Å². The number of benzene rings is 2. The number of amides is 3. The Bertz CT molecular complexity index is 2120. The molecular weight excluding hydrogens is 717 g/mol. The lowest BCUT2D eigenvalue weighted by Crippen LogP contribution is -2.39. The number of fused-ring (bicyclic) bond motifs is 3. The third kappa shape index (κ3) is 9.19. The molecule has 0 radical (unpaired) electrons. The van der Waals surface area contributed by atoms with Crippen molar-refractivity contribution in [3.8, 4) is 27.3 Å². The molecule has 0 atom stereocenters. The van der Waals surface area contributed by atoms with Crippen molar-refractivity contribution in [1.82, 2.24) is 15.6 Å². The molecule has 2 aromatic carbocycles. The van der Waals surface area contributed by atoms with Crippen molar-refractivity contribution in [3.63, 3.8) is 0 Å². The number of methoxy groups -OCH3 is 1. The smallest absolute Gasteiger partial charge is 0.407 e. The van der Waals surface area contributed by atoms with Gasteiger partial charge in [0.2, 0.25) is 0 Å². The van der Waals surface area contributed by atoms with Crippen LogP contribution in [0.25, 0.3) is 21.6 Å². The summed E-state index contributed by atoms with van der Waals surface area (Å²) in [6, 6.07) is 12.7. The lowest BCUT2D eigenvalue weighted by atomic mass is 9.75. The van der Waals surface area contributed by atoms with Crippen molar-refractivity contribution in [1.29, 1.82) is 0 Å². The molecule has 0 saturated heterocycles. The van der Waals surface area contributed by atoms with Gasteiger partial charge in [0.15, 0.2) is 5.69 Å². The minimum atomic E-state index is -0.742. The van der Waals surface area contributed by atoms with Gasteiger partial charge in [-0.05, 0) is 124 Å². The molecule has 6 rings (SSSR count). The molecule has 2 aromatic heterocycles. The highest BCUT2D eigenvalue weighted by Crippen LogP contribution is 2.44. The Morgan fingerprint density at radius 1 is 0.945 bits per heavy atom. The molecule has 1 aliphatic carbocycles. The zero-order valence-electron chi connectivity index (χ0n) is 32.9. The van der Waals surface area contributed by atoms with E-state index in [9.17, 15) is 19.2 Å². The number of nitrogens with one attached hydrogen (secondary N) is 3. The summed E-state index contributed by atoms with van der Waals surface area (Å²) in [4.78, 5) is 59.2. The third-order valence-electron chi connectivity index (χ3n) is 10.1.